The van der Waals surface area contributed by atoms with Gasteiger partial charge in [0.2, 0.25) is 0 Å². The van der Waals surface area contributed by atoms with Gasteiger partial charge in [-0.05, 0) is 54.7 Å². The maximum Gasteiger partial charge on any atom is 0.337 e. The Morgan fingerprint density at radius 1 is 1.04 bits per heavy atom. The van der Waals surface area contributed by atoms with E-state index in [1.54, 1.807) is 12.1 Å². The number of rotatable bonds is 3. The van der Waals surface area contributed by atoms with Gasteiger partial charge < -0.3 is 9.25 Å². The summed E-state index contributed by atoms with van der Waals surface area (Å²) in [4.78, 5) is 42.1. The van der Waals surface area contributed by atoms with Gasteiger partial charge in [-0.2, -0.15) is 0 Å². The highest BCUT2D eigenvalue weighted by molar-refractivity contribution is 6.20. The van der Waals surface area contributed by atoms with Crippen molar-refractivity contribution in [3.05, 3.63) is 70.5 Å². The fourth-order valence-electron chi connectivity index (χ4n) is 3.82. The summed E-state index contributed by atoms with van der Waals surface area (Å²) < 4.78 is 5.58. The minimum atomic E-state index is -0.687. The summed E-state index contributed by atoms with van der Waals surface area (Å²) in [6.45, 7) is 0. The molecule has 6 nitrogen and oxygen atoms in total. The second-order valence-electron chi connectivity index (χ2n) is 6.82. The Labute approximate surface area is 154 Å². The largest absolute Gasteiger partial charge is 0.464 e. The summed E-state index contributed by atoms with van der Waals surface area (Å²) in [5.74, 6) is -1.94. The molecule has 0 fully saturated rings. The van der Waals surface area contributed by atoms with E-state index in [9.17, 15) is 14.4 Å². The lowest BCUT2D eigenvalue weighted by Gasteiger charge is -2.12. The molecule has 1 aromatic heterocycles. The van der Waals surface area contributed by atoms with Gasteiger partial charge in [-0.25, -0.2) is 4.79 Å². The van der Waals surface area contributed by atoms with E-state index in [0.717, 1.165) is 30.2 Å². The van der Waals surface area contributed by atoms with Gasteiger partial charge in [0, 0.05) is 10.9 Å². The van der Waals surface area contributed by atoms with Crippen LogP contribution in [0.3, 0.4) is 0 Å². The van der Waals surface area contributed by atoms with Crippen LogP contribution < -0.4 is 0 Å². The molecule has 27 heavy (non-hydrogen) atoms. The van der Waals surface area contributed by atoms with Crippen molar-refractivity contribution in [2.75, 3.05) is 0 Å². The third kappa shape index (κ3) is 2.44. The van der Waals surface area contributed by atoms with Crippen molar-refractivity contribution in [1.29, 1.82) is 0 Å². The molecule has 2 amide bonds. The van der Waals surface area contributed by atoms with Gasteiger partial charge in [-0.1, -0.05) is 17.2 Å². The molecule has 134 valence electrons. The molecule has 0 unspecified atom stereocenters. The Bertz CT molecular complexity index is 1090. The first kappa shape index (κ1) is 15.8. The van der Waals surface area contributed by atoms with Crippen LogP contribution in [0.25, 0.3) is 11.0 Å². The number of amides is 2. The highest BCUT2D eigenvalue weighted by Gasteiger charge is 2.38. The van der Waals surface area contributed by atoms with Crippen LogP contribution in [0.4, 0.5) is 0 Å². The number of benzene rings is 2. The SMILES string of the molecule is O=C(Cc1coc2cc3c(cc12)CCC3)ON1C(=O)c2ccccc2C1=O. The zero-order chi connectivity index (χ0) is 18.5. The second-order valence-corrected chi connectivity index (χ2v) is 6.82. The number of imide groups is 1. The number of hydrogen-bond donors (Lipinski definition) is 0. The molecule has 0 saturated heterocycles. The Kier molecular flexibility index (Phi) is 3.40. The van der Waals surface area contributed by atoms with Crippen molar-refractivity contribution in [2.45, 2.75) is 25.7 Å². The molecule has 2 aliphatic rings. The second kappa shape index (κ2) is 5.81. The number of fused-ring (bicyclic) bond motifs is 3. The first-order chi connectivity index (χ1) is 13.1. The van der Waals surface area contributed by atoms with E-state index < -0.39 is 17.8 Å². The van der Waals surface area contributed by atoms with Crippen LogP contribution in [-0.2, 0) is 28.9 Å². The average Bonchev–Trinajstić information content (AvgIpc) is 3.35. The molecular weight excluding hydrogens is 346 g/mol. The van der Waals surface area contributed by atoms with Gasteiger partial charge in [0.15, 0.2) is 0 Å². The van der Waals surface area contributed by atoms with Gasteiger partial charge >= 0.3 is 5.97 Å². The van der Waals surface area contributed by atoms with Gasteiger partial charge in [0.1, 0.15) is 5.58 Å². The normalized spacial score (nSPS) is 15.3. The molecule has 0 bridgehead atoms. The number of hydroxylamine groups is 2. The maximum absolute atomic E-state index is 12.4. The number of carbonyl (C=O) groups is 3. The van der Waals surface area contributed by atoms with Crippen molar-refractivity contribution in [3.63, 3.8) is 0 Å². The number of carbonyl (C=O) groups excluding carboxylic acids is 3. The molecular formula is C21H15NO5. The molecule has 0 atom stereocenters. The Hall–Kier alpha value is -3.41. The first-order valence-corrected chi connectivity index (χ1v) is 8.82. The summed E-state index contributed by atoms with van der Waals surface area (Å²) in [6.07, 6.45) is 4.64. The Morgan fingerprint density at radius 2 is 1.70 bits per heavy atom. The van der Waals surface area contributed by atoms with E-state index in [0.29, 0.717) is 10.6 Å². The van der Waals surface area contributed by atoms with Gasteiger partial charge in [0.25, 0.3) is 11.8 Å². The minimum absolute atomic E-state index is 0.0841. The van der Waals surface area contributed by atoms with E-state index >= 15 is 0 Å². The van der Waals surface area contributed by atoms with Crippen LogP contribution in [0.15, 0.2) is 47.1 Å². The molecule has 0 spiro atoms. The van der Waals surface area contributed by atoms with Gasteiger partial charge in [-0.3, -0.25) is 9.59 Å². The average molecular weight is 361 g/mol. The predicted octanol–water partition coefficient (Wildman–Crippen LogP) is 3.22. The quantitative estimate of drug-likeness (QED) is 0.670. The third-order valence-electron chi connectivity index (χ3n) is 5.15. The topological polar surface area (TPSA) is 76.8 Å². The van der Waals surface area contributed by atoms with Crippen LogP contribution >= 0.6 is 0 Å². The summed E-state index contributed by atoms with van der Waals surface area (Å²) in [5, 5.41) is 1.41. The fourth-order valence-corrected chi connectivity index (χ4v) is 3.82. The van der Waals surface area contributed by atoms with E-state index in [1.165, 1.54) is 29.5 Å². The Morgan fingerprint density at radius 3 is 2.41 bits per heavy atom. The predicted molar refractivity (Wildman–Crippen MR) is 95.0 cm³/mol. The number of aryl methyl sites for hydroxylation is 2. The van der Waals surface area contributed by atoms with E-state index in [-0.39, 0.29) is 17.5 Å². The molecule has 5 rings (SSSR count). The summed E-state index contributed by atoms with van der Waals surface area (Å²) in [7, 11) is 0. The molecule has 0 N–H and O–H groups in total. The summed E-state index contributed by atoms with van der Waals surface area (Å²) in [5.41, 5.74) is 4.45. The molecule has 2 aromatic carbocycles. The van der Waals surface area contributed by atoms with E-state index in [4.69, 9.17) is 9.25 Å². The summed E-state index contributed by atoms with van der Waals surface area (Å²) >= 11 is 0. The van der Waals surface area contributed by atoms with Crippen LogP contribution in [0.1, 0.15) is 43.8 Å². The number of furan rings is 1. The lowest BCUT2D eigenvalue weighted by Crippen LogP contribution is -2.33. The zero-order valence-corrected chi connectivity index (χ0v) is 14.4. The van der Waals surface area contributed by atoms with Crippen molar-refractivity contribution in [3.8, 4) is 0 Å². The molecule has 6 heteroatoms. The Balaban J connectivity index is 1.37. The molecule has 0 radical (unpaired) electrons. The number of nitrogens with zero attached hydrogens (tertiary/aromatic N) is 1. The zero-order valence-electron chi connectivity index (χ0n) is 14.4. The third-order valence-corrected chi connectivity index (χ3v) is 5.15. The molecule has 1 aliphatic carbocycles. The smallest absolute Gasteiger partial charge is 0.337 e. The van der Waals surface area contributed by atoms with Crippen LogP contribution in [0, 0.1) is 0 Å². The monoisotopic (exact) mass is 361 g/mol. The molecule has 1 aliphatic heterocycles. The molecule has 0 saturated carbocycles. The highest BCUT2D eigenvalue weighted by Crippen LogP contribution is 2.31. The van der Waals surface area contributed by atoms with Gasteiger partial charge in [0.05, 0.1) is 23.8 Å². The summed E-state index contributed by atoms with van der Waals surface area (Å²) in [6, 6.07) is 10.5. The number of hydrogen-bond acceptors (Lipinski definition) is 5. The fraction of sp³-hybridized carbons (Fsp3) is 0.190. The first-order valence-electron chi connectivity index (χ1n) is 8.82. The van der Waals surface area contributed by atoms with Crippen LogP contribution in [0.5, 0.6) is 0 Å². The molecule has 3 aromatic rings. The highest BCUT2D eigenvalue weighted by atomic mass is 16.7. The van der Waals surface area contributed by atoms with Crippen LogP contribution in [-0.4, -0.2) is 22.8 Å². The van der Waals surface area contributed by atoms with Crippen molar-refractivity contribution < 1.29 is 23.6 Å². The molecule has 2 heterocycles. The lowest BCUT2D eigenvalue weighted by molar-refractivity contribution is -0.167. The van der Waals surface area contributed by atoms with Gasteiger partial charge in [-0.15, -0.1) is 0 Å². The van der Waals surface area contributed by atoms with Crippen molar-refractivity contribution >= 4 is 28.8 Å². The standard InChI is InChI=1S/C21H15NO5/c23-19(27-22-20(24)15-6-1-2-7-16(15)21(22)25)10-14-11-26-18-9-13-5-3-4-12(13)8-17(14)18/h1-2,6-9,11H,3-5,10H2. The van der Waals surface area contributed by atoms with E-state index in [1.807, 2.05) is 6.07 Å². The van der Waals surface area contributed by atoms with Crippen molar-refractivity contribution in [1.82, 2.24) is 5.06 Å². The lowest BCUT2D eigenvalue weighted by atomic mass is 10.0. The maximum atomic E-state index is 12.4. The van der Waals surface area contributed by atoms with Crippen LogP contribution in [0.2, 0.25) is 0 Å². The minimum Gasteiger partial charge on any atom is -0.464 e. The van der Waals surface area contributed by atoms with Crippen molar-refractivity contribution in [2.24, 2.45) is 0 Å². The van der Waals surface area contributed by atoms with E-state index in [2.05, 4.69) is 6.07 Å².